The predicted octanol–water partition coefficient (Wildman–Crippen LogP) is 2.34. The minimum absolute atomic E-state index is 0.330. The zero-order chi connectivity index (χ0) is 10.4. The van der Waals surface area contributed by atoms with Gasteiger partial charge in [-0.1, -0.05) is 0 Å². The van der Waals surface area contributed by atoms with Crippen molar-refractivity contribution in [3.8, 4) is 0 Å². The molecule has 0 spiro atoms. The summed E-state index contributed by atoms with van der Waals surface area (Å²) in [7, 11) is 0. The van der Waals surface area contributed by atoms with Gasteiger partial charge in [0.25, 0.3) is 0 Å². The van der Waals surface area contributed by atoms with Crippen LogP contribution in [0.4, 0.5) is 0 Å². The molecule has 0 aliphatic heterocycles. The van der Waals surface area contributed by atoms with Crippen molar-refractivity contribution in [2.45, 2.75) is 19.4 Å². The Morgan fingerprint density at radius 3 is 3.07 bits per heavy atom. The van der Waals surface area contributed by atoms with Crippen molar-refractivity contribution in [1.82, 2.24) is 4.57 Å². The Labute approximate surface area is 86.1 Å². The lowest BCUT2D eigenvalue weighted by Gasteiger charge is -2.04. The van der Waals surface area contributed by atoms with Crippen molar-refractivity contribution >= 4 is 17.1 Å². The van der Waals surface area contributed by atoms with Crippen LogP contribution < -0.4 is 0 Å². The molecular formula is C11H11NO3. The molecule has 0 atom stereocenters. The van der Waals surface area contributed by atoms with Gasteiger partial charge in [-0.15, -0.1) is 0 Å². The van der Waals surface area contributed by atoms with Crippen LogP contribution in [0.2, 0.25) is 0 Å². The first kappa shape index (κ1) is 8.59. The number of carboxylic acids is 1. The van der Waals surface area contributed by atoms with Gasteiger partial charge in [0.15, 0.2) is 5.58 Å². The van der Waals surface area contributed by atoms with E-state index in [0.717, 1.165) is 12.1 Å². The molecule has 2 heterocycles. The highest BCUT2D eigenvalue weighted by atomic mass is 16.4. The van der Waals surface area contributed by atoms with E-state index in [1.54, 1.807) is 12.3 Å². The van der Waals surface area contributed by atoms with Crippen LogP contribution in [0.15, 0.2) is 22.8 Å². The number of fused-ring (bicyclic) bond motifs is 1. The summed E-state index contributed by atoms with van der Waals surface area (Å²) in [6.07, 6.45) is 4.01. The summed E-state index contributed by atoms with van der Waals surface area (Å²) >= 11 is 0. The lowest BCUT2D eigenvalue weighted by molar-refractivity contribution is 0.0685. The fourth-order valence-electron chi connectivity index (χ4n) is 1.91. The maximum atomic E-state index is 11.0. The number of carboxylic acid groups (broad SMARTS) is 1. The van der Waals surface area contributed by atoms with Crippen molar-refractivity contribution in [2.75, 3.05) is 0 Å². The summed E-state index contributed by atoms with van der Waals surface area (Å²) in [5, 5.41) is 9.06. The average molecular weight is 205 g/mol. The van der Waals surface area contributed by atoms with Gasteiger partial charge in [0.05, 0.1) is 11.8 Å². The Kier molecular flexibility index (Phi) is 1.65. The van der Waals surface area contributed by atoms with Crippen LogP contribution in [0, 0.1) is 5.92 Å². The van der Waals surface area contributed by atoms with Gasteiger partial charge >= 0.3 is 5.97 Å². The molecule has 2 aromatic rings. The van der Waals surface area contributed by atoms with Crippen molar-refractivity contribution in [3.05, 3.63) is 24.1 Å². The van der Waals surface area contributed by atoms with Gasteiger partial charge in [-0.25, -0.2) is 4.79 Å². The second kappa shape index (κ2) is 2.89. The molecule has 1 fully saturated rings. The molecule has 1 aliphatic carbocycles. The smallest absolute Gasteiger partial charge is 0.352 e. The molecule has 4 nitrogen and oxygen atoms in total. The molecule has 78 valence electrons. The zero-order valence-electron chi connectivity index (χ0n) is 8.14. The van der Waals surface area contributed by atoms with Gasteiger partial charge in [0.2, 0.25) is 0 Å². The lowest BCUT2D eigenvalue weighted by atomic mass is 10.4. The van der Waals surface area contributed by atoms with Gasteiger partial charge in [0, 0.05) is 18.7 Å². The average Bonchev–Trinajstić information content (AvgIpc) is 2.76. The van der Waals surface area contributed by atoms with Crippen LogP contribution in [0.1, 0.15) is 23.3 Å². The molecule has 4 heteroatoms. The molecule has 0 unspecified atom stereocenters. The van der Waals surface area contributed by atoms with E-state index in [4.69, 9.17) is 9.52 Å². The number of aromatic carboxylic acids is 1. The van der Waals surface area contributed by atoms with Crippen LogP contribution in [0.5, 0.6) is 0 Å². The number of aromatic nitrogens is 1. The van der Waals surface area contributed by atoms with Crippen molar-refractivity contribution in [2.24, 2.45) is 5.92 Å². The Morgan fingerprint density at radius 1 is 1.60 bits per heavy atom. The highest BCUT2D eigenvalue weighted by molar-refractivity contribution is 5.92. The molecule has 0 aromatic carbocycles. The largest absolute Gasteiger partial charge is 0.477 e. The Morgan fingerprint density at radius 2 is 2.40 bits per heavy atom. The van der Waals surface area contributed by atoms with E-state index in [1.807, 2.05) is 10.6 Å². The van der Waals surface area contributed by atoms with Crippen molar-refractivity contribution in [3.63, 3.8) is 0 Å². The first-order valence-corrected chi connectivity index (χ1v) is 5.06. The van der Waals surface area contributed by atoms with Crippen LogP contribution >= 0.6 is 0 Å². The van der Waals surface area contributed by atoms with E-state index in [9.17, 15) is 4.79 Å². The highest BCUT2D eigenvalue weighted by Crippen LogP contribution is 2.33. The zero-order valence-corrected chi connectivity index (χ0v) is 8.14. The van der Waals surface area contributed by atoms with Crippen LogP contribution in [0.25, 0.3) is 11.1 Å². The third-order valence-electron chi connectivity index (χ3n) is 2.88. The number of hydrogen-bond acceptors (Lipinski definition) is 2. The van der Waals surface area contributed by atoms with Gasteiger partial charge in [-0.2, -0.15) is 0 Å². The number of rotatable bonds is 3. The monoisotopic (exact) mass is 205 g/mol. The minimum atomic E-state index is -0.887. The number of furan rings is 1. The van der Waals surface area contributed by atoms with E-state index in [0.29, 0.717) is 17.2 Å². The number of nitrogens with zero attached hydrogens (tertiary/aromatic N) is 1. The topological polar surface area (TPSA) is 55.4 Å². The molecule has 15 heavy (non-hydrogen) atoms. The van der Waals surface area contributed by atoms with Crippen molar-refractivity contribution < 1.29 is 14.3 Å². The predicted molar refractivity (Wildman–Crippen MR) is 53.9 cm³/mol. The summed E-state index contributed by atoms with van der Waals surface area (Å²) in [5.74, 6) is -0.240. The number of carbonyl (C=O) groups is 1. The second-order valence-corrected chi connectivity index (χ2v) is 4.06. The Hall–Kier alpha value is -1.71. The molecule has 3 rings (SSSR count). The van der Waals surface area contributed by atoms with E-state index >= 15 is 0 Å². The summed E-state index contributed by atoms with van der Waals surface area (Å²) in [6, 6.07) is 3.42. The quantitative estimate of drug-likeness (QED) is 0.836. The third-order valence-corrected chi connectivity index (χ3v) is 2.88. The molecule has 0 bridgehead atoms. The highest BCUT2D eigenvalue weighted by Gasteiger charge is 2.25. The van der Waals surface area contributed by atoms with E-state index < -0.39 is 5.97 Å². The molecule has 1 N–H and O–H groups in total. The fourth-order valence-corrected chi connectivity index (χ4v) is 1.91. The maximum Gasteiger partial charge on any atom is 0.352 e. The molecule has 0 saturated heterocycles. The van der Waals surface area contributed by atoms with Crippen molar-refractivity contribution in [1.29, 1.82) is 0 Å². The molecule has 1 saturated carbocycles. The van der Waals surface area contributed by atoms with E-state index in [-0.39, 0.29) is 0 Å². The van der Waals surface area contributed by atoms with Gasteiger partial charge < -0.3 is 14.1 Å². The Balaban J connectivity index is 2.14. The summed E-state index contributed by atoms with van der Waals surface area (Å²) in [6.45, 7) is 0.796. The minimum Gasteiger partial charge on any atom is -0.477 e. The third kappa shape index (κ3) is 1.33. The van der Waals surface area contributed by atoms with Gasteiger partial charge in [0.1, 0.15) is 5.69 Å². The normalized spacial score (nSPS) is 16.0. The molecule has 0 amide bonds. The van der Waals surface area contributed by atoms with Crippen LogP contribution in [0.3, 0.4) is 0 Å². The maximum absolute atomic E-state index is 11.0. The number of hydrogen-bond donors (Lipinski definition) is 1. The fraction of sp³-hybridized carbons (Fsp3) is 0.364. The molecule has 1 aliphatic rings. The molecule has 0 radical (unpaired) electrons. The standard InChI is InChI=1S/C11H11NO3/c13-11(14)9-5-10-8(3-4-15-10)12(9)6-7-1-2-7/h3-5,7H,1-2,6H2,(H,13,14). The summed E-state index contributed by atoms with van der Waals surface area (Å²) in [5.41, 5.74) is 1.88. The van der Waals surface area contributed by atoms with Gasteiger partial charge in [-0.05, 0) is 18.8 Å². The summed E-state index contributed by atoms with van der Waals surface area (Å²) in [4.78, 5) is 11.0. The van der Waals surface area contributed by atoms with E-state index in [2.05, 4.69) is 0 Å². The first-order chi connectivity index (χ1) is 7.25. The second-order valence-electron chi connectivity index (χ2n) is 4.06. The molecular weight excluding hydrogens is 194 g/mol. The van der Waals surface area contributed by atoms with Gasteiger partial charge in [-0.3, -0.25) is 0 Å². The lowest BCUT2D eigenvalue weighted by Crippen LogP contribution is -2.09. The Bertz CT molecular complexity index is 519. The summed E-state index contributed by atoms with van der Waals surface area (Å²) < 4.78 is 7.05. The van der Waals surface area contributed by atoms with Crippen LogP contribution in [-0.2, 0) is 6.54 Å². The van der Waals surface area contributed by atoms with Crippen LogP contribution in [-0.4, -0.2) is 15.6 Å². The molecule has 2 aromatic heterocycles. The first-order valence-electron chi connectivity index (χ1n) is 5.06. The SMILES string of the molecule is O=C(O)c1cc2occc2n1CC1CC1. The van der Waals surface area contributed by atoms with E-state index in [1.165, 1.54) is 12.8 Å².